The third kappa shape index (κ3) is 5.21. The first-order chi connectivity index (χ1) is 5.68. The number of nitrogens with zero attached hydrogens (tertiary/aromatic N) is 1. The topological polar surface area (TPSA) is 20.3 Å². The minimum absolute atomic E-state index is 0. The van der Waals surface area contributed by atoms with Crippen molar-refractivity contribution in [1.29, 1.82) is 0 Å². The molecular formula is C10H14NNaO. The van der Waals surface area contributed by atoms with Crippen molar-refractivity contribution in [3.05, 3.63) is 36.0 Å². The van der Waals surface area contributed by atoms with Crippen molar-refractivity contribution in [2.24, 2.45) is 0 Å². The predicted octanol–water partition coefficient (Wildman–Crippen LogP) is 0.521. The van der Waals surface area contributed by atoms with Gasteiger partial charge in [-0.2, -0.15) is 0 Å². The van der Waals surface area contributed by atoms with Crippen LogP contribution in [-0.2, 0) is 4.79 Å². The van der Waals surface area contributed by atoms with Gasteiger partial charge >= 0.3 is 29.6 Å². The molecule has 0 atom stereocenters. The summed E-state index contributed by atoms with van der Waals surface area (Å²) >= 11 is 0. The fourth-order valence-electron chi connectivity index (χ4n) is 0.892. The fraction of sp³-hybridized carbons (Fsp3) is 0.300. The SMILES string of the molecule is CN(C)CC=C1C=CC(=O)C=C1.[NaH]. The molecule has 1 aliphatic rings. The molecular weight excluding hydrogens is 173 g/mol. The molecule has 0 amide bonds. The van der Waals surface area contributed by atoms with Crippen LogP contribution < -0.4 is 0 Å². The van der Waals surface area contributed by atoms with Crippen LogP contribution in [0.15, 0.2) is 36.0 Å². The first-order valence-electron chi connectivity index (χ1n) is 3.93. The number of likely N-dealkylation sites (N-methyl/N-ethyl adjacent to an activating group) is 1. The molecule has 1 rings (SSSR count). The summed E-state index contributed by atoms with van der Waals surface area (Å²) in [6.45, 7) is 0.901. The van der Waals surface area contributed by atoms with Crippen LogP contribution in [0.3, 0.4) is 0 Å². The summed E-state index contributed by atoms with van der Waals surface area (Å²) in [5.74, 6) is 0.0667. The zero-order valence-corrected chi connectivity index (χ0v) is 7.45. The first kappa shape index (κ1) is 12.8. The van der Waals surface area contributed by atoms with Crippen LogP contribution in [0, 0.1) is 0 Å². The van der Waals surface area contributed by atoms with Crippen molar-refractivity contribution in [2.45, 2.75) is 0 Å². The minimum atomic E-state index is 0. The Morgan fingerprint density at radius 1 is 1.23 bits per heavy atom. The molecule has 13 heavy (non-hydrogen) atoms. The van der Waals surface area contributed by atoms with Crippen LogP contribution in [-0.4, -0.2) is 60.9 Å². The Morgan fingerprint density at radius 2 is 1.77 bits per heavy atom. The Labute approximate surface area is 101 Å². The molecule has 0 heterocycles. The van der Waals surface area contributed by atoms with Crippen LogP contribution in [0.4, 0.5) is 0 Å². The normalized spacial score (nSPS) is 14.7. The van der Waals surface area contributed by atoms with Gasteiger partial charge in [0.2, 0.25) is 0 Å². The zero-order chi connectivity index (χ0) is 8.97. The van der Waals surface area contributed by atoms with Crippen molar-refractivity contribution in [3.63, 3.8) is 0 Å². The van der Waals surface area contributed by atoms with Crippen LogP contribution in [0.1, 0.15) is 0 Å². The second-order valence-electron chi connectivity index (χ2n) is 3.04. The molecule has 0 spiro atoms. The van der Waals surface area contributed by atoms with Gasteiger partial charge in [-0.25, -0.2) is 0 Å². The van der Waals surface area contributed by atoms with Gasteiger partial charge in [0.25, 0.3) is 0 Å². The Bertz CT molecular complexity index is 246. The van der Waals surface area contributed by atoms with E-state index in [0.29, 0.717) is 0 Å². The molecule has 0 aromatic rings. The summed E-state index contributed by atoms with van der Waals surface area (Å²) < 4.78 is 0. The Hall–Kier alpha value is -0.150. The number of hydrogen-bond donors (Lipinski definition) is 0. The van der Waals surface area contributed by atoms with Crippen molar-refractivity contribution < 1.29 is 4.79 Å². The number of carbonyl (C=O) groups is 1. The van der Waals surface area contributed by atoms with E-state index in [1.807, 2.05) is 26.2 Å². The van der Waals surface area contributed by atoms with E-state index in [-0.39, 0.29) is 35.3 Å². The molecule has 0 aliphatic heterocycles. The first-order valence-corrected chi connectivity index (χ1v) is 3.93. The van der Waals surface area contributed by atoms with Crippen LogP contribution in [0.25, 0.3) is 0 Å². The van der Waals surface area contributed by atoms with Gasteiger partial charge in [0.05, 0.1) is 0 Å². The average Bonchev–Trinajstić information content (AvgIpc) is 2.03. The molecule has 0 saturated heterocycles. The summed E-state index contributed by atoms with van der Waals surface area (Å²) in [5, 5.41) is 0. The molecule has 0 saturated carbocycles. The quantitative estimate of drug-likeness (QED) is 0.587. The average molecular weight is 187 g/mol. The van der Waals surface area contributed by atoms with E-state index in [0.717, 1.165) is 12.1 Å². The van der Waals surface area contributed by atoms with Gasteiger partial charge in [-0.3, -0.25) is 4.79 Å². The zero-order valence-electron chi connectivity index (χ0n) is 7.45. The monoisotopic (exact) mass is 187 g/mol. The fourth-order valence-corrected chi connectivity index (χ4v) is 0.892. The molecule has 0 N–H and O–H groups in total. The van der Waals surface area contributed by atoms with Crippen LogP contribution >= 0.6 is 0 Å². The molecule has 66 valence electrons. The summed E-state index contributed by atoms with van der Waals surface area (Å²) in [6.07, 6.45) is 8.93. The standard InChI is InChI=1S/C10H13NO.Na.H/c1-11(2)8-7-9-3-5-10(12)6-4-9;;/h3-7H,8H2,1-2H3;;. The van der Waals surface area contributed by atoms with E-state index in [1.165, 1.54) is 0 Å². The Kier molecular flexibility index (Phi) is 6.25. The molecule has 0 fully saturated rings. The Morgan fingerprint density at radius 3 is 2.23 bits per heavy atom. The molecule has 0 radical (unpaired) electrons. The van der Waals surface area contributed by atoms with E-state index in [4.69, 9.17) is 0 Å². The Balaban J connectivity index is 0.00000144. The van der Waals surface area contributed by atoms with Gasteiger partial charge in [0.1, 0.15) is 0 Å². The molecule has 0 aromatic carbocycles. The van der Waals surface area contributed by atoms with E-state index < -0.39 is 0 Å². The van der Waals surface area contributed by atoms with Crippen molar-refractivity contribution in [1.82, 2.24) is 4.90 Å². The molecule has 3 heteroatoms. The van der Waals surface area contributed by atoms with Gasteiger partial charge < -0.3 is 4.90 Å². The van der Waals surface area contributed by atoms with Crippen molar-refractivity contribution in [2.75, 3.05) is 20.6 Å². The molecule has 1 aliphatic carbocycles. The number of rotatable bonds is 2. The van der Waals surface area contributed by atoms with Gasteiger partial charge in [0, 0.05) is 6.54 Å². The summed E-state index contributed by atoms with van der Waals surface area (Å²) in [5.41, 5.74) is 1.10. The van der Waals surface area contributed by atoms with Crippen molar-refractivity contribution in [3.8, 4) is 0 Å². The van der Waals surface area contributed by atoms with Gasteiger partial charge in [-0.05, 0) is 31.8 Å². The second kappa shape index (κ2) is 6.33. The molecule has 0 unspecified atom stereocenters. The van der Waals surface area contributed by atoms with Gasteiger partial charge in [-0.1, -0.05) is 18.2 Å². The van der Waals surface area contributed by atoms with Crippen LogP contribution in [0.5, 0.6) is 0 Å². The molecule has 0 bridgehead atoms. The van der Waals surface area contributed by atoms with E-state index in [1.54, 1.807) is 12.2 Å². The molecule has 2 nitrogen and oxygen atoms in total. The second-order valence-corrected chi connectivity index (χ2v) is 3.04. The number of ketones is 1. The number of hydrogen-bond acceptors (Lipinski definition) is 2. The van der Waals surface area contributed by atoms with Gasteiger partial charge in [0.15, 0.2) is 5.78 Å². The van der Waals surface area contributed by atoms with E-state index in [2.05, 4.69) is 11.0 Å². The third-order valence-electron chi connectivity index (χ3n) is 1.57. The summed E-state index contributed by atoms with van der Waals surface area (Å²) in [6, 6.07) is 0. The number of allylic oxidation sites excluding steroid dienone is 5. The van der Waals surface area contributed by atoms with E-state index in [9.17, 15) is 4.79 Å². The van der Waals surface area contributed by atoms with Crippen molar-refractivity contribution >= 4 is 35.3 Å². The maximum absolute atomic E-state index is 10.7. The van der Waals surface area contributed by atoms with E-state index >= 15 is 0 Å². The maximum atomic E-state index is 10.7. The predicted molar refractivity (Wildman–Crippen MR) is 57.1 cm³/mol. The summed E-state index contributed by atoms with van der Waals surface area (Å²) in [7, 11) is 4.02. The number of carbonyl (C=O) groups excluding carboxylic acids is 1. The van der Waals surface area contributed by atoms with Crippen LogP contribution in [0.2, 0.25) is 0 Å². The van der Waals surface area contributed by atoms with Gasteiger partial charge in [-0.15, -0.1) is 0 Å². The molecule has 0 aromatic heterocycles. The third-order valence-corrected chi connectivity index (χ3v) is 1.57. The summed E-state index contributed by atoms with van der Waals surface area (Å²) in [4.78, 5) is 12.8.